The SMILES string of the molecule is Cc1cccc(S(=O)(=O)Nc2cccc(F)c2)c1. The molecule has 3 nitrogen and oxygen atoms in total. The molecule has 0 aliphatic heterocycles. The number of rotatable bonds is 3. The molecule has 0 radical (unpaired) electrons. The lowest BCUT2D eigenvalue weighted by Crippen LogP contribution is -2.13. The van der Waals surface area contributed by atoms with Gasteiger partial charge in [0.2, 0.25) is 0 Å². The third kappa shape index (κ3) is 2.87. The number of hydrogen-bond donors (Lipinski definition) is 1. The average molecular weight is 265 g/mol. The summed E-state index contributed by atoms with van der Waals surface area (Å²) in [5.41, 5.74) is 1.05. The molecule has 5 heteroatoms. The largest absolute Gasteiger partial charge is 0.280 e. The molecule has 0 fully saturated rings. The molecule has 1 N–H and O–H groups in total. The minimum absolute atomic E-state index is 0.159. The van der Waals surface area contributed by atoms with Crippen LogP contribution < -0.4 is 4.72 Å². The first-order chi connectivity index (χ1) is 8.47. The summed E-state index contributed by atoms with van der Waals surface area (Å²) in [6, 6.07) is 11.9. The van der Waals surface area contributed by atoms with E-state index in [-0.39, 0.29) is 10.6 Å². The first-order valence-corrected chi connectivity index (χ1v) is 6.81. The van der Waals surface area contributed by atoms with Crippen molar-refractivity contribution in [3.05, 3.63) is 59.9 Å². The van der Waals surface area contributed by atoms with Crippen LogP contribution in [-0.4, -0.2) is 8.42 Å². The van der Waals surface area contributed by atoms with Gasteiger partial charge in [0, 0.05) is 0 Å². The van der Waals surface area contributed by atoms with Crippen LogP contribution in [0.2, 0.25) is 0 Å². The Morgan fingerprint density at radius 3 is 2.44 bits per heavy atom. The highest BCUT2D eigenvalue weighted by Crippen LogP contribution is 2.17. The summed E-state index contributed by atoms with van der Waals surface area (Å²) in [4.78, 5) is 0.159. The Morgan fingerprint density at radius 1 is 1.06 bits per heavy atom. The van der Waals surface area contributed by atoms with Crippen molar-refractivity contribution in [2.45, 2.75) is 11.8 Å². The lowest BCUT2D eigenvalue weighted by Gasteiger charge is -2.08. The van der Waals surface area contributed by atoms with Gasteiger partial charge in [0.25, 0.3) is 10.0 Å². The van der Waals surface area contributed by atoms with Gasteiger partial charge in [0.1, 0.15) is 5.82 Å². The molecular weight excluding hydrogens is 253 g/mol. The van der Waals surface area contributed by atoms with Gasteiger partial charge < -0.3 is 0 Å². The van der Waals surface area contributed by atoms with Crippen molar-refractivity contribution in [1.29, 1.82) is 0 Å². The van der Waals surface area contributed by atoms with Crippen LogP contribution in [0.15, 0.2) is 53.4 Å². The van der Waals surface area contributed by atoms with Crippen molar-refractivity contribution in [3.63, 3.8) is 0 Å². The zero-order valence-electron chi connectivity index (χ0n) is 9.72. The molecule has 2 rings (SSSR count). The van der Waals surface area contributed by atoms with Gasteiger partial charge >= 0.3 is 0 Å². The summed E-state index contributed by atoms with van der Waals surface area (Å²) in [5, 5.41) is 0. The second kappa shape index (κ2) is 4.78. The first-order valence-electron chi connectivity index (χ1n) is 5.32. The summed E-state index contributed by atoms with van der Waals surface area (Å²) in [6.45, 7) is 1.81. The third-order valence-corrected chi connectivity index (χ3v) is 3.76. The summed E-state index contributed by atoms with van der Waals surface area (Å²) < 4.78 is 39.4. The van der Waals surface area contributed by atoms with Crippen LogP contribution in [0.1, 0.15) is 5.56 Å². The highest BCUT2D eigenvalue weighted by Gasteiger charge is 2.14. The maximum atomic E-state index is 13.0. The van der Waals surface area contributed by atoms with Crippen LogP contribution in [0.3, 0.4) is 0 Å². The van der Waals surface area contributed by atoms with Gasteiger partial charge in [-0.3, -0.25) is 4.72 Å². The highest BCUT2D eigenvalue weighted by atomic mass is 32.2. The number of nitrogens with one attached hydrogen (secondary N) is 1. The third-order valence-electron chi connectivity index (χ3n) is 2.38. The first kappa shape index (κ1) is 12.6. The number of benzene rings is 2. The predicted octanol–water partition coefficient (Wildman–Crippen LogP) is 2.93. The van der Waals surface area contributed by atoms with Crippen molar-refractivity contribution in [2.75, 3.05) is 4.72 Å². The van der Waals surface area contributed by atoms with Gasteiger partial charge in [0.15, 0.2) is 0 Å². The minimum atomic E-state index is -3.67. The lowest BCUT2D eigenvalue weighted by atomic mass is 10.2. The van der Waals surface area contributed by atoms with Crippen molar-refractivity contribution in [1.82, 2.24) is 0 Å². The molecule has 0 spiro atoms. The second-order valence-electron chi connectivity index (χ2n) is 3.93. The summed E-state index contributed by atoms with van der Waals surface area (Å²) in [5.74, 6) is -0.487. The van der Waals surface area contributed by atoms with Crippen LogP contribution in [0.4, 0.5) is 10.1 Å². The fourth-order valence-corrected chi connectivity index (χ4v) is 2.70. The Kier molecular flexibility index (Phi) is 3.34. The molecule has 0 aliphatic carbocycles. The number of hydrogen-bond acceptors (Lipinski definition) is 2. The molecule has 2 aromatic rings. The van der Waals surface area contributed by atoms with E-state index < -0.39 is 15.8 Å². The topological polar surface area (TPSA) is 46.2 Å². The number of aryl methyl sites for hydroxylation is 1. The monoisotopic (exact) mass is 265 g/mol. The maximum Gasteiger partial charge on any atom is 0.261 e. The Labute approximate surface area is 105 Å². The van der Waals surface area contributed by atoms with E-state index in [0.29, 0.717) is 0 Å². The molecule has 94 valence electrons. The Hall–Kier alpha value is -1.88. The standard InChI is InChI=1S/C13H12FNO2S/c1-10-4-2-7-13(8-10)18(16,17)15-12-6-3-5-11(14)9-12/h2-9,15H,1H3. The number of sulfonamides is 1. The maximum absolute atomic E-state index is 13.0. The normalized spacial score (nSPS) is 11.2. The summed E-state index contributed by atoms with van der Waals surface area (Å²) in [6.07, 6.45) is 0. The number of halogens is 1. The second-order valence-corrected chi connectivity index (χ2v) is 5.61. The van der Waals surface area contributed by atoms with Crippen molar-refractivity contribution >= 4 is 15.7 Å². The number of anilines is 1. The Morgan fingerprint density at radius 2 is 1.78 bits per heavy atom. The zero-order valence-corrected chi connectivity index (χ0v) is 10.5. The van der Waals surface area contributed by atoms with E-state index in [1.807, 2.05) is 0 Å². The molecule has 0 saturated carbocycles. The molecule has 0 aliphatic rings. The van der Waals surface area contributed by atoms with Gasteiger partial charge in [-0.05, 0) is 42.8 Å². The Bertz CT molecular complexity index is 668. The van der Waals surface area contributed by atoms with E-state index in [1.165, 1.54) is 24.3 Å². The lowest BCUT2D eigenvalue weighted by molar-refractivity contribution is 0.601. The van der Waals surface area contributed by atoms with Crippen LogP contribution in [0.25, 0.3) is 0 Å². The van der Waals surface area contributed by atoms with Crippen LogP contribution in [0.5, 0.6) is 0 Å². The van der Waals surface area contributed by atoms with Crippen molar-refractivity contribution in [2.24, 2.45) is 0 Å². The smallest absolute Gasteiger partial charge is 0.261 e. The molecule has 18 heavy (non-hydrogen) atoms. The highest BCUT2D eigenvalue weighted by molar-refractivity contribution is 7.92. The summed E-state index contributed by atoms with van der Waals surface area (Å²) >= 11 is 0. The van der Waals surface area contributed by atoms with E-state index in [1.54, 1.807) is 25.1 Å². The molecule has 0 atom stereocenters. The fraction of sp³-hybridized carbons (Fsp3) is 0.0769. The molecule has 0 aromatic heterocycles. The molecular formula is C13H12FNO2S. The van der Waals surface area contributed by atoms with Gasteiger partial charge in [-0.15, -0.1) is 0 Å². The van der Waals surface area contributed by atoms with E-state index in [2.05, 4.69) is 4.72 Å². The van der Waals surface area contributed by atoms with E-state index in [4.69, 9.17) is 0 Å². The van der Waals surface area contributed by atoms with E-state index in [0.717, 1.165) is 11.6 Å². The summed E-state index contributed by atoms with van der Waals surface area (Å²) in [7, 11) is -3.67. The Balaban J connectivity index is 2.33. The molecule has 0 unspecified atom stereocenters. The van der Waals surface area contributed by atoms with Crippen molar-refractivity contribution in [3.8, 4) is 0 Å². The van der Waals surface area contributed by atoms with E-state index in [9.17, 15) is 12.8 Å². The quantitative estimate of drug-likeness (QED) is 0.927. The van der Waals surface area contributed by atoms with Crippen LogP contribution in [-0.2, 0) is 10.0 Å². The zero-order chi connectivity index (χ0) is 13.2. The molecule has 0 heterocycles. The van der Waals surface area contributed by atoms with Crippen molar-refractivity contribution < 1.29 is 12.8 Å². The molecule has 0 bridgehead atoms. The van der Waals surface area contributed by atoms with Crippen LogP contribution >= 0.6 is 0 Å². The van der Waals surface area contributed by atoms with Crippen LogP contribution in [0, 0.1) is 12.7 Å². The molecule has 0 saturated heterocycles. The molecule has 0 amide bonds. The predicted molar refractivity (Wildman–Crippen MR) is 68.4 cm³/mol. The minimum Gasteiger partial charge on any atom is -0.280 e. The molecule has 2 aromatic carbocycles. The van der Waals surface area contributed by atoms with Gasteiger partial charge in [-0.1, -0.05) is 18.2 Å². The van der Waals surface area contributed by atoms with Gasteiger partial charge in [0.05, 0.1) is 10.6 Å². The fourth-order valence-electron chi connectivity index (χ4n) is 1.55. The van der Waals surface area contributed by atoms with Gasteiger partial charge in [-0.2, -0.15) is 0 Å². The van der Waals surface area contributed by atoms with E-state index >= 15 is 0 Å². The van der Waals surface area contributed by atoms with Gasteiger partial charge in [-0.25, -0.2) is 12.8 Å². The average Bonchev–Trinajstić information content (AvgIpc) is 2.28.